The molecule has 1 aliphatic rings. The Bertz CT molecular complexity index is 1050. The van der Waals surface area contributed by atoms with Crippen LogP contribution in [0.2, 0.25) is 0 Å². The number of nitrogens with one attached hydrogen (secondary N) is 1. The van der Waals surface area contributed by atoms with E-state index in [0.717, 1.165) is 22.8 Å². The molecule has 4 rings (SSSR count). The van der Waals surface area contributed by atoms with Crippen LogP contribution in [0.25, 0.3) is 11.3 Å². The molecule has 31 heavy (non-hydrogen) atoms. The van der Waals surface area contributed by atoms with Crippen molar-refractivity contribution in [3.63, 3.8) is 0 Å². The van der Waals surface area contributed by atoms with Crippen molar-refractivity contribution < 1.29 is 13.9 Å². The summed E-state index contributed by atoms with van der Waals surface area (Å²) in [5.41, 5.74) is 2.75. The Balaban J connectivity index is 1.33. The molecule has 1 aromatic heterocycles. The fraction of sp³-hybridized carbons (Fsp3) is 0.261. The Morgan fingerprint density at radius 3 is 2.35 bits per heavy atom. The van der Waals surface area contributed by atoms with Crippen molar-refractivity contribution in [1.82, 2.24) is 15.1 Å². The van der Waals surface area contributed by atoms with E-state index < -0.39 is 0 Å². The molecule has 0 atom stereocenters. The zero-order valence-corrected chi connectivity index (χ0v) is 17.5. The van der Waals surface area contributed by atoms with Gasteiger partial charge in [0.2, 0.25) is 0 Å². The first kappa shape index (κ1) is 20.6. The van der Waals surface area contributed by atoms with Crippen molar-refractivity contribution in [3.8, 4) is 17.0 Å². The molecule has 7 nitrogen and oxygen atoms in total. The van der Waals surface area contributed by atoms with Gasteiger partial charge in [0.1, 0.15) is 11.6 Å². The summed E-state index contributed by atoms with van der Waals surface area (Å²) in [6, 6.07) is 16.0. The van der Waals surface area contributed by atoms with Crippen LogP contribution in [0.4, 0.5) is 20.7 Å². The Labute approximate surface area is 180 Å². The highest BCUT2D eigenvalue weighted by molar-refractivity contribution is 5.89. The summed E-state index contributed by atoms with van der Waals surface area (Å²) in [4.78, 5) is 16.3. The molecular weight excluding hydrogens is 397 g/mol. The number of methoxy groups -OCH3 is 1. The molecule has 3 aromatic rings. The van der Waals surface area contributed by atoms with E-state index >= 15 is 0 Å². The molecule has 1 N–H and O–H groups in total. The van der Waals surface area contributed by atoms with Gasteiger partial charge in [0.05, 0.1) is 12.8 Å². The van der Waals surface area contributed by atoms with Gasteiger partial charge in [0.25, 0.3) is 0 Å². The van der Waals surface area contributed by atoms with E-state index in [9.17, 15) is 9.18 Å². The number of hydrogen-bond donors (Lipinski definition) is 1. The van der Waals surface area contributed by atoms with Crippen molar-refractivity contribution in [2.24, 2.45) is 0 Å². The number of anilines is 2. The van der Waals surface area contributed by atoms with E-state index in [-0.39, 0.29) is 11.8 Å². The number of nitrogens with zero attached hydrogens (tertiary/aromatic N) is 4. The number of carbonyl (C=O) groups is 1. The number of amides is 2. The molecule has 8 heteroatoms. The van der Waals surface area contributed by atoms with Crippen LogP contribution in [0, 0.1) is 12.7 Å². The second-order valence-electron chi connectivity index (χ2n) is 7.37. The fourth-order valence-electron chi connectivity index (χ4n) is 3.42. The molecular formula is C23H24FN5O2. The highest BCUT2D eigenvalue weighted by atomic mass is 19.1. The lowest BCUT2D eigenvalue weighted by Crippen LogP contribution is -2.50. The van der Waals surface area contributed by atoms with Gasteiger partial charge in [-0.05, 0) is 61.0 Å². The van der Waals surface area contributed by atoms with Crippen LogP contribution in [-0.4, -0.2) is 54.4 Å². The third-order valence-corrected chi connectivity index (χ3v) is 5.35. The van der Waals surface area contributed by atoms with Crippen molar-refractivity contribution in [1.29, 1.82) is 0 Å². The summed E-state index contributed by atoms with van der Waals surface area (Å²) in [5.74, 6) is 1.24. The second kappa shape index (κ2) is 8.99. The van der Waals surface area contributed by atoms with Crippen molar-refractivity contribution >= 4 is 17.5 Å². The van der Waals surface area contributed by atoms with Crippen LogP contribution in [0.3, 0.4) is 0 Å². The number of halogens is 1. The van der Waals surface area contributed by atoms with Gasteiger partial charge in [-0.3, -0.25) is 0 Å². The van der Waals surface area contributed by atoms with Crippen LogP contribution in [0.1, 0.15) is 5.56 Å². The molecule has 0 saturated carbocycles. The average Bonchev–Trinajstić information content (AvgIpc) is 2.82. The highest BCUT2D eigenvalue weighted by Gasteiger charge is 2.22. The average molecular weight is 421 g/mol. The number of rotatable bonds is 4. The van der Waals surface area contributed by atoms with E-state index in [1.165, 1.54) is 6.07 Å². The van der Waals surface area contributed by atoms with Gasteiger partial charge in [-0.2, -0.15) is 0 Å². The minimum Gasteiger partial charge on any atom is -0.497 e. The van der Waals surface area contributed by atoms with Crippen LogP contribution < -0.4 is 15.0 Å². The molecule has 0 radical (unpaired) electrons. The zero-order chi connectivity index (χ0) is 21.8. The standard InChI is InChI=1S/C23H24FN5O2/c1-16-3-6-18(15-20(16)24)25-23(30)29-13-11-28(12-14-29)22-10-9-21(26-27-22)17-4-7-19(31-2)8-5-17/h3-10,15H,11-14H2,1-2H3,(H,25,30). The molecule has 2 amide bonds. The molecule has 0 unspecified atom stereocenters. The van der Waals surface area contributed by atoms with Crippen LogP contribution in [0.15, 0.2) is 54.6 Å². The topological polar surface area (TPSA) is 70.6 Å². The smallest absolute Gasteiger partial charge is 0.321 e. The molecule has 1 aliphatic heterocycles. The molecule has 0 aliphatic carbocycles. The number of ether oxygens (including phenoxy) is 1. The monoisotopic (exact) mass is 421 g/mol. The summed E-state index contributed by atoms with van der Waals surface area (Å²) in [5, 5.41) is 11.5. The van der Waals surface area contributed by atoms with E-state index in [2.05, 4.69) is 20.4 Å². The number of aromatic nitrogens is 2. The minimum absolute atomic E-state index is 0.233. The molecule has 2 aromatic carbocycles. The van der Waals surface area contributed by atoms with E-state index in [0.29, 0.717) is 37.4 Å². The van der Waals surface area contributed by atoms with E-state index in [1.54, 1.807) is 31.1 Å². The first-order valence-electron chi connectivity index (χ1n) is 10.1. The summed E-state index contributed by atoms with van der Waals surface area (Å²) >= 11 is 0. The third-order valence-electron chi connectivity index (χ3n) is 5.35. The number of aryl methyl sites for hydroxylation is 1. The second-order valence-corrected chi connectivity index (χ2v) is 7.37. The summed E-state index contributed by atoms with van der Waals surface area (Å²) in [6.07, 6.45) is 0. The summed E-state index contributed by atoms with van der Waals surface area (Å²) in [6.45, 7) is 4.06. The Kier molecular flexibility index (Phi) is 5.97. The number of piperazine rings is 1. The number of carbonyl (C=O) groups excluding carboxylic acids is 1. The SMILES string of the molecule is COc1ccc(-c2ccc(N3CCN(C(=O)Nc4ccc(C)c(F)c4)CC3)nn2)cc1. The molecule has 1 fully saturated rings. The Hall–Kier alpha value is -3.68. The zero-order valence-electron chi connectivity index (χ0n) is 17.5. The first-order valence-corrected chi connectivity index (χ1v) is 10.1. The Morgan fingerprint density at radius 2 is 1.74 bits per heavy atom. The lowest BCUT2D eigenvalue weighted by molar-refractivity contribution is 0.208. The van der Waals surface area contributed by atoms with E-state index in [4.69, 9.17) is 4.74 Å². The fourth-order valence-corrected chi connectivity index (χ4v) is 3.42. The molecule has 0 spiro atoms. The van der Waals surface area contributed by atoms with Gasteiger partial charge in [0.15, 0.2) is 5.82 Å². The number of urea groups is 1. The maximum atomic E-state index is 13.7. The quantitative estimate of drug-likeness (QED) is 0.691. The largest absolute Gasteiger partial charge is 0.497 e. The van der Waals surface area contributed by atoms with Gasteiger partial charge in [0, 0.05) is 37.4 Å². The van der Waals surface area contributed by atoms with Gasteiger partial charge in [-0.15, -0.1) is 10.2 Å². The Morgan fingerprint density at radius 1 is 1.00 bits per heavy atom. The first-order chi connectivity index (χ1) is 15.0. The lowest BCUT2D eigenvalue weighted by Gasteiger charge is -2.35. The molecule has 160 valence electrons. The van der Waals surface area contributed by atoms with Crippen LogP contribution in [0.5, 0.6) is 5.75 Å². The summed E-state index contributed by atoms with van der Waals surface area (Å²) in [7, 11) is 1.63. The third kappa shape index (κ3) is 4.74. The predicted octanol–water partition coefficient (Wildman–Crippen LogP) is 3.95. The minimum atomic E-state index is -0.334. The van der Waals surface area contributed by atoms with E-state index in [1.807, 2.05) is 36.4 Å². The highest BCUT2D eigenvalue weighted by Crippen LogP contribution is 2.22. The number of hydrogen-bond acceptors (Lipinski definition) is 5. The predicted molar refractivity (Wildman–Crippen MR) is 118 cm³/mol. The lowest BCUT2D eigenvalue weighted by atomic mass is 10.1. The molecule has 0 bridgehead atoms. The van der Waals surface area contributed by atoms with Crippen LogP contribution >= 0.6 is 0 Å². The number of benzene rings is 2. The normalized spacial score (nSPS) is 13.8. The van der Waals surface area contributed by atoms with Crippen LogP contribution in [-0.2, 0) is 0 Å². The maximum Gasteiger partial charge on any atom is 0.321 e. The van der Waals surface area contributed by atoms with Crippen molar-refractivity contribution in [3.05, 3.63) is 66.0 Å². The summed E-state index contributed by atoms with van der Waals surface area (Å²) < 4.78 is 18.9. The van der Waals surface area contributed by atoms with Gasteiger partial charge >= 0.3 is 6.03 Å². The molecule has 2 heterocycles. The van der Waals surface area contributed by atoms with Crippen molar-refractivity contribution in [2.45, 2.75) is 6.92 Å². The van der Waals surface area contributed by atoms with Gasteiger partial charge in [-0.1, -0.05) is 6.07 Å². The molecule has 1 saturated heterocycles. The maximum absolute atomic E-state index is 13.7. The van der Waals surface area contributed by atoms with Gasteiger partial charge < -0.3 is 19.9 Å². The van der Waals surface area contributed by atoms with Crippen molar-refractivity contribution in [2.75, 3.05) is 43.5 Å². The van der Waals surface area contributed by atoms with Gasteiger partial charge in [-0.25, -0.2) is 9.18 Å².